The van der Waals surface area contributed by atoms with Crippen LogP contribution in [0.1, 0.15) is 13.3 Å². The first-order chi connectivity index (χ1) is 9.73. The quantitative estimate of drug-likeness (QED) is 0.772. The highest BCUT2D eigenvalue weighted by Crippen LogP contribution is 2.32. The van der Waals surface area contributed by atoms with E-state index in [0.717, 1.165) is 6.07 Å². The summed E-state index contributed by atoms with van der Waals surface area (Å²) in [5.41, 5.74) is -0.808. The smallest absolute Gasteiger partial charge is 0.321 e. The standard InChI is InChI=1S/C13H13BrClFN2O3/c1-13(11(19)20)2-3-18(6-13)12(21)17-10-5-9(16)7(14)4-8(10)15/h4-5H,2-3,6H2,1H3,(H,17,21)(H,19,20). The molecule has 2 amide bonds. The van der Waals surface area contributed by atoms with Gasteiger partial charge in [0.05, 0.1) is 20.6 Å². The Morgan fingerprint density at radius 3 is 2.76 bits per heavy atom. The lowest BCUT2D eigenvalue weighted by Gasteiger charge is -2.21. The molecule has 1 aromatic rings. The van der Waals surface area contributed by atoms with Crippen LogP contribution < -0.4 is 5.32 Å². The number of carboxylic acid groups (broad SMARTS) is 1. The lowest BCUT2D eigenvalue weighted by molar-refractivity contribution is -0.146. The molecule has 2 N–H and O–H groups in total. The zero-order valence-corrected chi connectivity index (χ0v) is 13.5. The van der Waals surface area contributed by atoms with Gasteiger partial charge in [0.15, 0.2) is 0 Å². The van der Waals surface area contributed by atoms with Crippen molar-refractivity contribution in [1.82, 2.24) is 4.90 Å². The average molecular weight is 380 g/mol. The number of carbonyl (C=O) groups is 2. The molecule has 1 saturated heterocycles. The number of urea groups is 1. The van der Waals surface area contributed by atoms with Crippen molar-refractivity contribution >= 4 is 45.2 Å². The first-order valence-corrected chi connectivity index (χ1v) is 7.34. The van der Waals surface area contributed by atoms with Crippen LogP contribution in [0.2, 0.25) is 5.02 Å². The number of halogens is 3. The average Bonchev–Trinajstić information content (AvgIpc) is 2.80. The maximum absolute atomic E-state index is 13.5. The van der Waals surface area contributed by atoms with Crippen LogP contribution in [0.5, 0.6) is 0 Å². The molecule has 1 fully saturated rings. The van der Waals surface area contributed by atoms with Crippen molar-refractivity contribution in [3.63, 3.8) is 0 Å². The molecule has 0 spiro atoms. The van der Waals surface area contributed by atoms with E-state index >= 15 is 0 Å². The Labute approximate surface area is 134 Å². The molecule has 114 valence electrons. The van der Waals surface area contributed by atoms with Crippen LogP contribution in [0.4, 0.5) is 14.9 Å². The van der Waals surface area contributed by atoms with Crippen molar-refractivity contribution in [2.24, 2.45) is 5.41 Å². The second-order valence-electron chi connectivity index (χ2n) is 5.21. The van der Waals surface area contributed by atoms with E-state index in [-0.39, 0.29) is 21.7 Å². The summed E-state index contributed by atoms with van der Waals surface area (Å²) in [5, 5.41) is 11.8. The van der Waals surface area contributed by atoms with Crippen molar-refractivity contribution in [3.8, 4) is 0 Å². The monoisotopic (exact) mass is 378 g/mol. The first kappa shape index (κ1) is 16.0. The van der Waals surface area contributed by atoms with E-state index in [2.05, 4.69) is 21.2 Å². The Morgan fingerprint density at radius 2 is 2.19 bits per heavy atom. The van der Waals surface area contributed by atoms with Crippen molar-refractivity contribution < 1.29 is 19.1 Å². The van der Waals surface area contributed by atoms with E-state index in [0.29, 0.717) is 13.0 Å². The lowest BCUT2D eigenvalue weighted by atomic mass is 9.90. The maximum Gasteiger partial charge on any atom is 0.321 e. The third kappa shape index (κ3) is 3.29. The molecule has 1 heterocycles. The minimum atomic E-state index is -0.952. The number of benzene rings is 1. The first-order valence-electron chi connectivity index (χ1n) is 6.17. The lowest BCUT2D eigenvalue weighted by Crippen LogP contribution is -2.37. The van der Waals surface area contributed by atoms with Gasteiger partial charge in [-0.25, -0.2) is 9.18 Å². The summed E-state index contributed by atoms with van der Waals surface area (Å²) in [5.74, 6) is -1.49. The van der Waals surface area contributed by atoms with Gasteiger partial charge in [-0.15, -0.1) is 0 Å². The number of hydrogen-bond acceptors (Lipinski definition) is 2. The molecule has 21 heavy (non-hydrogen) atoms. The molecule has 0 bridgehead atoms. The van der Waals surface area contributed by atoms with Crippen molar-refractivity contribution in [3.05, 3.63) is 27.4 Å². The summed E-state index contributed by atoms with van der Waals surface area (Å²) in [4.78, 5) is 24.6. The Bertz CT molecular complexity index is 613. The highest BCUT2D eigenvalue weighted by Gasteiger charge is 2.42. The number of rotatable bonds is 2. The van der Waals surface area contributed by atoms with Crippen LogP contribution in [0.25, 0.3) is 0 Å². The van der Waals surface area contributed by atoms with Gasteiger partial charge in [0.2, 0.25) is 0 Å². The zero-order chi connectivity index (χ0) is 15.8. The SMILES string of the molecule is CC1(C(=O)O)CCN(C(=O)Nc2cc(F)c(Br)cc2Cl)C1. The highest BCUT2D eigenvalue weighted by molar-refractivity contribution is 9.10. The number of anilines is 1. The Kier molecular flexibility index (Phi) is 4.43. The van der Waals surface area contributed by atoms with Crippen molar-refractivity contribution in [2.75, 3.05) is 18.4 Å². The van der Waals surface area contributed by atoms with E-state index in [1.807, 2.05) is 0 Å². The van der Waals surface area contributed by atoms with Crippen LogP contribution in [0.3, 0.4) is 0 Å². The number of likely N-dealkylation sites (tertiary alicyclic amines) is 1. The van der Waals surface area contributed by atoms with Crippen LogP contribution >= 0.6 is 27.5 Å². The molecular weight excluding hydrogens is 367 g/mol. The predicted molar refractivity (Wildman–Crippen MR) is 80.1 cm³/mol. The molecule has 1 aliphatic rings. The fraction of sp³-hybridized carbons (Fsp3) is 0.385. The van der Waals surface area contributed by atoms with Crippen LogP contribution in [0, 0.1) is 11.2 Å². The van der Waals surface area contributed by atoms with Gasteiger partial charge in [-0.3, -0.25) is 4.79 Å². The molecule has 0 radical (unpaired) electrons. The van der Waals surface area contributed by atoms with Crippen molar-refractivity contribution in [1.29, 1.82) is 0 Å². The van der Waals surface area contributed by atoms with Crippen molar-refractivity contribution in [2.45, 2.75) is 13.3 Å². The minimum absolute atomic E-state index is 0.102. The zero-order valence-electron chi connectivity index (χ0n) is 11.1. The van der Waals surface area contributed by atoms with Gasteiger partial charge < -0.3 is 15.3 Å². The third-order valence-corrected chi connectivity index (χ3v) is 4.45. The molecular formula is C13H13BrClFN2O3. The molecule has 1 unspecified atom stereocenters. The van der Waals surface area contributed by atoms with Gasteiger partial charge in [-0.2, -0.15) is 0 Å². The van der Waals surface area contributed by atoms with Gasteiger partial charge >= 0.3 is 12.0 Å². The minimum Gasteiger partial charge on any atom is -0.481 e. The van der Waals surface area contributed by atoms with E-state index < -0.39 is 23.2 Å². The van der Waals surface area contributed by atoms with Crippen LogP contribution in [-0.4, -0.2) is 35.1 Å². The summed E-state index contributed by atoms with van der Waals surface area (Å²) in [6, 6.07) is 1.96. The number of carbonyl (C=O) groups excluding carboxylic acids is 1. The normalized spacial score (nSPS) is 21.4. The third-order valence-electron chi connectivity index (χ3n) is 3.53. The number of amides is 2. The summed E-state index contributed by atoms with van der Waals surface area (Å²) >= 11 is 8.93. The predicted octanol–water partition coefficient (Wildman–Crippen LogP) is 3.57. The van der Waals surface area contributed by atoms with E-state index in [1.54, 1.807) is 6.92 Å². The molecule has 8 heteroatoms. The fourth-order valence-corrected chi connectivity index (χ4v) is 2.81. The number of nitrogens with zero attached hydrogens (tertiary/aromatic N) is 1. The van der Waals surface area contributed by atoms with Gasteiger partial charge in [-0.05, 0) is 35.3 Å². The molecule has 1 aromatic carbocycles. The molecule has 0 aromatic heterocycles. The largest absolute Gasteiger partial charge is 0.481 e. The number of aliphatic carboxylic acids is 1. The maximum atomic E-state index is 13.5. The molecule has 0 saturated carbocycles. The summed E-state index contributed by atoms with van der Waals surface area (Å²) in [7, 11) is 0. The number of hydrogen-bond donors (Lipinski definition) is 2. The van der Waals surface area contributed by atoms with E-state index in [4.69, 9.17) is 16.7 Å². The molecule has 2 rings (SSSR count). The fourth-order valence-electron chi connectivity index (χ4n) is 2.12. The molecule has 1 atom stereocenters. The second-order valence-corrected chi connectivity index (χ2v) is 6.48. The van der Waals surface area contributed by atoms with Gasteiger partial charge in [0, 0.05) is 19.2 Å². The Hall–Kier alpha value is -1.34. The van der Waals surface area contributed by atoms with E-state index in [1.165, 1.54) is 11.0 Å². The van der Waals surface area contributed by atoms with E-state index in [9.17, 15) is 14.0 Å². The van der Waals surface area contributed by atoms with Gasteiger partial charge in [0.1, 0.15) is 5.82 Å². The molecule has 5 nitrogen and oxygen atoms in total. The van der Waals surface area contributed by atoms with Crippen LogP contribution in [0.15, 0.2) is 16.6 Å². The number of carboxylic acids is 1. The topological polar surface area (TPSA) is 69.6 Å². The summed E-state index contributed by atoms with van der Waals surface area (Å²) in [6.07, 6.45) is 0.373. The second kappa shape index (κ2) is 5.81. The van der Waals surface area contributed by atoms with Crippen LogP contribution in [-0.2, 0) is 4.79 Å². The highest BCUT2D eigenvalue weighted by atomic mass is 79.9. The van der Waals surface area contributed by atoms with Gasteiger partial charge in [-0.1, -0.05) is 11.6 Å². The Morgan fingerprint density at radius 1 is 1.52 bits per heavy atom. The van der Waals surface area contributed by atoms with Gasteiger partial charge in [0.25, 0.3) is 0 Å². The summed E-state index contributed by atoms with van der Waals surface area (Å²) in [6.45, 7) is 2.02. The molecule has 1 aliphatic heterocycles. The molecule has 0 aliphatic carbocycles. The number of nitrogens with one attached hydrogen (secondary N) is 1. The Balaban J connectivity index is 2.10. The summed E-state index contributed by atoms with van der Waals surface area (Å²) < 4.78 is 13.7.